The van der Waals surface area contributed by atoms with Crippen LogP contribution < -0.4 is 20.7 Å². The molecule has 0 heterocycles. The van der Waals surface area contributed by atoms with Crippen molar-refractivity contribution in [2.24, 2.45) is 0 Å². The van der Waals surface area contributed by atoms with Crippen molar-refractivity contribution in [1.82, 2.24) is 10.6 Å². The average molecular weight is 369 g/mol. The van der Waals surface area contributed by atoms with Gasteiger partial charge in [0.25, 0.3) is 5.91 Å². The van der Waals surface area contributed by atoms with E-state index in [2.05, 4.69) is 22.9 Å². The number of ether oxygens (including phenoxy) is 1. The quantitative estimate of drug-likeness (QED) is 0.563. The van der Waals surface area contributed by atoms with Gasteiger partial charge in [0.1, 0.15) is 5.75 Å². The fraction of sp³-hybridized carbons (Fsp3) is 0.333. The number of amides is 2. The van der Waals surface area contributed by atoms with Crippen molar-refractivity contribution in [2.75, 3.05) is 25.5 Å². The molecule has 0 aliphatic rings. The largest absolute Gasteiger partial charge is 0.497 e. The molecule has 6 heteroatoms. The van der Waals surface area contributed by atoms with Crippen LogP contribution in [0.25, 0.3) is 0 Å². The summed E-state index contributed by atoms with van der Waals surface area (Å²) in [5.41, 5.74) is 2.32. The lowest BCUT2D eigenvalue weighted by atomic mass is 10.2. The Morgan fingerprint density at radius 3 is 2.33 bits per heavy atom. The van der Waals surface area contributed by atoms with Crippen LogP contribution in [-0.4, -0.2) is 32.0 Å². The molecule has 0 unspecified atom stereocenters. The number of hydrogen-bond donors (Lipinski definition) is 3. The predicted octanol–water partition coefficient (Wildman–Crippen LogP) is 2.95. The summed E-state index contributed by atoms with van der Waals surface area (Å²) in [5.74, 6) is 0.574. The third kappa shape index (κ3) is 7.11. The van der Waals surface area contributed by atoms with Gasteiger partial charge in [-0.25, -0.2) is 0 Å². The number of unbranched alkanes of at least 4 members (excludes halogenated alkanes) is 1. The van der Waals surface area contributed by atoms with Gasteiger partial charge in [0.2, 0.25) is 5.91 Å². The normalized spacial score (nSPS) is 10.3. The first kappa shape index (κ1) is 20.5. The van der Waals surface area contributed by atoms with Crippen LogP contribution in [0.3, 0.4) is 0 Å². The van der Waals surface area contributed by atoms with Gasteiger partial charge in [-0.3, -0.25) is 9.59 Å². The molecule has 2 amide bonds. The number of hydrogen-bond acceptors (Lipinski definition) is 4. The number of nitrogens with one attached hydrogen (secondary N) is 3. The van der Waals surface area contributed by atoms with Gasteiger partial charge in [0.05, 0.1) is 13.7 Å². The van der Waals surface area contributed by atoms with E-state index >= 15 is 0 Å². The van der Waals surface area contributed by atoms with Crippen LogP contribution in [0.1, 0.15) is 35.7 Å². The van der Waals surface area contributed by atoms with Crippen LogP contribution in [0.2, 0.25) is 0 Å². The van der Waals surface area contributed by atoms with Gasteiger partial charge in [-0.2, -0.15) is 0 Å². The molecule has 0 aliphatic carbocycles. The highest BCUT2D eigenvalue weighted by atomic mass is 16.5. The van der Waals surface area contributed by atoms with Crippen molar-refractivity contribution < 1.29 is 14.3 Å². The molecule has 0 atom stereocenters. The maximum absolute atomic E-state index is 12.0. The molecule has 0 aliphatic heterocycles. The Kier molecular flexibility index (Phi) is 8.32. The predicted molar refractivity (Wildman–Crippen MR) is 107 cm³/mol. The van der Waals surface area contributed by atoms with Crippen molar-refractivity contribution in [3.8, 4) is 5.75 Å². The van der Waals surface area contributed by atoms with Crippen molar-refractivity contribution in [2.45, 2.75) is 26.3 Å². The van der Waals surface area contributed by atoms with Crippen molar-refractivity contribution in [3.63, 3.8) is 0 Å². The Morgan fingerprint density at radius 2 is 1.70 bits per heavy atom. The third-order valence-corrected chi connectivity index (χ3v) is 4.02. The number of carbonyl (C=O) groups is 2. The van der Waals surface area contributed by atoms with Gasteiger partial charge in [0, 0.05) is 24.3 Å². The van der Waals surface area contributed by atoms with E-state index in [4.69, 9.17) is 4.74 Å². The summed E-state index contributed by atoms with van der Waals surface area (Å²) in [7, 11) is 1.63. The van der Waals surface area contributed by atoms with Crippen LogP contribution in [0, 0.1) is 0 Å². The zero-order valence-corrected chi connectivity index (χ0v) is 15.9. The lowest BCUT2D eigenvalue weighted by Gasteiger charge is -2.09. The number of anilines is 1. The van der Waals surface area contributed by atoms with Crippen molar-refractivity contribution >= 4 is 17.5 Å². The summed E-state index contributed by atoms with van der Waals surface area (Å²) in [5, 5.41) is 8.78. The molecule has 6 nitrogen and oxygen atoms in total. The molecule has 0 spiro atoms. The fourth-order valence-electron chi connectivity index (χ4n) is 2.45. The molecule has 2 rings (SSSR count). The minimum atomic E-state index is -0.136. The van der Waals surface area contributed by atoms with Gasteiger partial charge in [-0.15, -0.1) is 0 Å². The summed E-state index contributed by atoms with van der Waals surface area (Å²) < 4.78 is 5.12. The molecule has 0 saturated carbocycles. The monoisotopic (exact) mass is 369 g/mol. The molecule has 0 bridgehead atoms. The van der Waals surface area contributed by atoms with Gasteiger partial charge in [-0.1, -0.05) is 25.5 Å². The van der Waals surface area contributed by atoms with Crippen LogP contribution in [0.15, 0.2) is 48.5 Å². The molecule has 0 radical (unpaired) electrons. The minimum Gasteiger partial charge on any atom is -0.497 e. The highest BCUT2D eigenvalue weighted by Gasteiger charge is 2.06. The first-order chi connectivity index (χ1) is 13.1. The maximum atomic E-state index is 12.0. The Bertz CT molecular complexity index is 727. The van der Waals surface area contributed by atoms with E-state index in [9.17, 15) is 9.59 Å². The van der Waals surface area contributed by atoms with Crippen LogP contribution in [-0.2, 0) is 11.3 Å². The van der Waals surface area contributed by atoms with Crippen molar-refractivity contribution in [3.05, 3.63) is 59.7 Å². The van der Waals surface area contributed by atoms with E-state index in [0.29, 0.717) is 24.3 Å². The summed E-state index contributed by atoms with van der Waals surface area (Å²) >= 11 is 0. The molecule has 0 aromatic heterocycles. The van der Waals surface area contributed by atoms with E-state index in [0.717, 1.165) is 24.2 Å². The second-order valence-electron chi connectivity index (χ2n) is 6.19. The summed E-state index contributed by atoms with van der Waals surface area (Å²) in [6.07, 6.45) is 2.00. The maximum Gasteiger partial charge on any atom is 0.251 e. The average Bonchev–Trinajstić information content (AvgIpc) is 2.69. The second-order valence-corrected chi connectivity index (χ2v) is 6.19. The molecule has 3 N–H and O–H groups in total. The number of methoxy groups -OCH3 is 1. The van der Waals surface area contributed by atoms with E-state index in [-0.39, 0.29) is 18.4 Å². The number of carbonyl (C=O) groups excluding carboxylic acids is 2. The first-order valence-electron chi connectivity index (χ1n) is 9.14. The summed E-state index contributed by atoms with van der Waals surface area (Å²) in [4.78, 5) is 24.0. The van der Waals surface area contributed by atoms with Crippen LogP contribution >= 0.6 is 0 Å². The molecule has 0 saturated heterocycles. The van der Waals surface area contributed by atoms with Gasteiger partial charge in [-0.05, 0) is 48.4 Å². The highest BCUT2D eigenvalue weighted by molar-refractivity contribution is 5.96. The molecule has 0 fully saturated rings. The van der Waals surface area contributed by atoms with Gasteiger partial charge in [0.15, 0.2) is 0 Å². The zero-order valence-electron chi connectivity index (χ0n) is 15.9. The molecule has 144 valence electrons. The Morgan fingerprint density at radius 1 is 1.00 bits per heavy atom. The highest BCUT2D eigenvalue weighted by Crippen LogP contribution is 2.11. The van der Waals surface area contributed by atoms with Crippen LogP contribution in [0.4, 0.5) is 5.69 Å². The number of benzene rings is 2. The SMILES string of the molecule is CCCCNC(=O)c1ccc(NC(=O)CNCc2ccc(OC)cc2)cc1. The smallest absolute Gasteiger partial charge is 0.251 e. The van der Waals surface area contributed by atoms with E-state index in [1.165, 1.54) is 0 Å². The molecule has 27 heavy (non-hydrogen) atoms. The number of rotatable bonds is 10. The molecule has 2 aromatic carbocycles. The molecular weight excluding hydrogens is 342 g/mol. The van der Waals surface area contributed by atoms with Gasteiger partial charge < -0.3 is 20.7 Å². The third-order valence-electron chi connectivity index (χ3n) is 4.02. The van der Waals surface area contributed by atoms with Gasteiger partial charge >= 0.3 is 0 Å². The van der Waals surface area contributed by atoms with E-state index < -0.39 is 0 Å². The van der Waals surface area contributed by atoms with E-state index in [1.54, 1.807) is 31.4 Å². The minimum absolute atomic E-state index is 0.0949. The van der Waals surface area contributed by atoms with Crippen molar-refractivity contribution in [1.29, 1.82) is 0 Å². The Balaban J connectivity index is 1.73. The fourth-order valence-corrected chi connectivity index (χ4v) is 2.45. The lowest BCUT2D eigenvalue weighted by molar-refractivity contribution is -0.115. The lowest BCUT2D eigenvalue weighted by Crippen LogP contribution is -2.27. The Hall–Kier alpha value is -2.86. The van der Waals surface area contributed by atoms with Crippen LogP contribution in [0.5, 0.6) is 5.75 Å². The first-order valence-corrected chi connectivity index (χ1v) is 9.14. The zero-order chi connectivity index (χ0) is 19.5. The Labute approximate surface area is 160 Å². The second kappa shape index (κ2) is 11.0. The standard InChI is InChI=1S/C21H27N3O3/c1-3-4-13-23-21(26)17-7-9-18(10-8-17)24-20(25)15-22-14-16-5-11-19(27-2)12-6-16/h5-12,22H,3-4,13-15H2,1-2H3,(H,23,26)(H,24,25). The molecule has 2 aromatic rings. The summed E-state index contributed by atoms with van der Waals surface area (Å²) in [6.45, 7) is 3.54. The summed E-state index contributed by atoms with van der Waals surface area (Å²) in [6, 6.07) is 14.6. The topological polar surface area (TPSA) is 79.5 Å². The molecular formula is C21H27N3O3. The van der Waals surface area contributed by atoms with E-state index in [1.807, 2.05) is 24.3 Å².